The number of anilines is 2. The maximum atomic E-state index is 6.07. The van der Waals surface area contributed by atoms with Gasteiger partial charge in [-0.3, -0.25) is 9.88 Å². The summed E-state index contributed by atoms with van der Waals surface area (Å²) in [7, 11) is 0. The molecule has 0 atom stereocenters. The van der Waals surface area contributed by atoms with Crippen molar-refractivity contribution >= 4 is 17.5 Å². The Kier molecular flexibility index (Phi) is 6.70. The molecule has 5 heteroatoms. The number of aryl methyl sites for hydroxylation is 1. The highest BCUT2D eigenvalue weighted by atomic mass is 16.5. The Labute approximate surface area is 196 Å². The van der Waals surface area contributed by atoms with Crippen LogP contribution >= 0.6 is 0 Å². The Bertz CT molecular complexity index is 1140. The van der Waals surface area contributed by atoms with Crippen LogP contribution in [-0.4, -0.2) is 49.3 Å². The largest absolute Gasteiger partial charge is 0.492 e. The van der Waals surface area contributed by atoms with E-state index in [0.29, 0.717) is 6.61 Å². The highest BCUT2D eigenvalue weighted by molar-refractivity contribution is 5.80. The van der Waals surface area contributed by atoms with E-state index in [0.717, 1.165) is 62.8 Å². The Morgan fingerprint density at radius 1 is 1.12 bits per heavy atom. The Morgan fingerprint density at radius 3 is 2.91 bits per heavy atom. The zero-order valence-corrected chi connectivity index (χ0v) is 19.2. The molecule has 5 rings (SSSR count). The second-order valence-electron chi connectivity index (χ2n) is 8.68. The number of benzene rings is 2. The number of aromatic nitrogens is 1. The normalized spacial score (nSPS) is 15.8. The molecular weight excluding hydrogens is 410 g/mol. The van der Waals surface area contributed by atoms with Crippen LogP contribution in [0.3, 0.4) is 0 Å². The van der Waals surface area contributed by atoms with Gasteiger partial charge in [0.05, 0.1) is 13.2 Å². The van der Waals surface area contributed by atoms with Gasteiger partial charge in [0.25, 0.3) is 0 Å². The van der Waals surface area contributed by atoms with Gasteiger partial charge >= 0.3 is 0 Å². The van der Waals surface area contributed by atoms with E-state index in [1.54, 1.807) is 0 Å². The lowest BCUT2D eigenvalue weighted by Crippen LogP contribution is -2.38. The standard InChI is InChI=1S/C28H31N3O2/c1-21-9-10-29-20-27(21)23-17-22-5-2-3-8-26(22)28(18-23)30-24-6-4-7-25(19-24)33-16-13-31-11-14-32-15-12-31/h2,4-7,9-10,17-20,30H,3,8,11-16H2,1H3. The molecule has 3 aromatic rings. The van der Waals surface area contributed by atoms with Crippen LogP contribution in [-0.2, 0) is 11.2 Å². The molecule has 2 heterocycles. The van der Waals surface area contributed by atoms with Crippen molar-refractivity contribution in [2.24, 2.45) is 0 Å². The number of hydrogen-bond donors (Lipinski definition) is 1. The zero-order valence-electron chi connectivity index (χ0n) is 19.2. The third-order valence-corrected chi connectivity index (χ3v) is 6.39. The second kappa shape index (κ2) is 10.2. The van der Waals surface area contributed by atoms with Crippen molar-refractivity contribution in [2.45, 2.75) is 19.8 Å². The number of rotatable bonds is 7. The number of nitrogens with zero attached hydrogens (tertiary/aromatic N) is 2. The molecule has 170 valence electrons. The van der Waals surface area contributed by atoms with Gasteiger partial charge in [-0.2, -0.15) is 0 Å². The number of pyridine rings is 1. The topological polar surface area (TPSA) is 46.6 Å². The van der Waals surface area contributed by atoms with Gasteiger partial charge in [0.2, 0.25) is 0 Å². The molecule has 1 N–H and O–H groups in total. The summed E-state index contributed by atoms with van der Waals surface area (Å²) in [5.74, 6) is 0.890. The van der Waals surface area contributed by atoms with E-state index in [9.17, 15) is 0 Å². The Morgan fingerprint density at radius 2 is 2.03 bits per heavy atom. The van der Waals surface area contributed by atoms with Gasteiger partial charge < -0.3 is 14.8 Å². The highest BCUT2D eigenvalue weighted by Gasteiger charge is 2.15. The predicted octanol–water partition coefficient (Wildman–Crippen LogP) is 5.47. The quantitative estimate of drug-likeness (QED) is 0.527. The second-order valence-corrected chi connectivity index (χ2v) is 8.68. The fourth-order valence-corrected chi connectivity index (χ4v) is 4.53. The third-order valence-electron chi connectivity index (χ3n) is 6.39. The van der Waals surface area contributed by atoms with E-state index in [-0.39, 0.29) is 0 Å². The lowest BCUT2D eigenvalue weighted by Gasteiger charge is -2.26. The molecule has 0 amide bonds. The van der Waals surface area contributed by atoms with Gasteiger partial charge in [0.15, 0.2) is 0 Å². The molecule has 2 aliphatic rings. The van der Waals surface area contributed by atoms with Gasteiger partial charge in [-0.15, -0.1) is 0 Å². The van der Waals surface area contributed by atoms with E-state index < -0.39 is 0 Å². The first-order valence-corrected chi connectivity index (χ1v) is 11.8. The number of fused-ring (bicyclic) bond motifs is 1. The number of morpholine rings is 1. The summed E-state index contributed by atoms with van der Waals surface area (Å²) in [4.78, 5) is 6.74. The molecule has 0 radical (unpaired) electrons. The first-order valence-electron chi connectivity index (χ1n) is 11.8. The molecule has 0 spiro atoms. The maximum absolute atomic E-state index is 6.07. The van der Waals surface area contributed by atoms with Crippen LogP contribution in [0.15, 0.2) is 60.9 Å². The van der Waals surface area contributed by atoms with E-state index in [1.165, 1.54) is 27.8 Å². The zero-order chi connectivity index (χ0) is 22.5. The van der Waals surface area contributed by atoms with Crippen LogP contribution in [0.2, 0.25) is 0 Å². The van der Waals surface area contributed by atoms with Gasteiger partial charge in [0.1, 0.15) is 12.4 Å². The lowest BCUT2D eigenvalue weighted by molar-refractivity contribution is 0.0322. The van der Waals surface area contributed by atoms with Crippen LogP contribution in [0.5, 0.6) is 5.75 Å². The lowest BCUT2D eigenvalue weighted by atomic mass is 9.91. The van der Waals surface area contributed by atoms with Gasteiger partial charge in [-0.05, 0) is 72.4 Å². The molecule has 1 saturated heterocycles. The van der Waals surface area contributed by atoms with Crippen LogP contribution in [0.25, 0.3) is 17.2 Å². The first kappa shape index (κ1) is 21.7. The summed E-state index contributed by atoms with van der Waals surface area (Å²) in [6, 6.07) is 14.9. The molecule has 0 saturated carbocycles. The summed E-state index contributed by atoms with van der Waals surface area (Å²) in [5, 5.41) is 3.68. The first-order chi connectivity index (χ1) is 16.3. The molecule has 33 heavy (non-hydrogen) atoms. The van der Waals surface area contributed by atoms with Crippen molar-refractivity contribution in [3.05, 3.63) is 77.6 Å². The highest BCUT2D eigenvalue weighted by Crippen LogP contribution is 2.35. The number of allylic oxidation sites excluding steroid dienone is 1. The molecule has 5 nitrogen and oxygen atoms in total. The van der Waals surface area contributed by atoms with Crippen molar-refractivity contribution < 1.29 is 9.47 Å². The minimum atomic E-state index is 0.680. The van der Waals surface area contributed by atoms with Crippen molar-refractivity contribution in [1.82, 2.24) is 9.88 Å². The minimum Gasteiger partial charge on any atom is -0.492 e. The van der Waals surface area contributed by atoms with Crippen molar-refractivity contribution in [1.29, 1.82) is 0 Å². The van der Waals surface area contributed by atoms with E-state index in [4.69, 9.17) is 9.47 Å². The Hall–Kier alpha value is -3.15. The summed E-state index contributed by atoms with van der Waals surface area (Å²) < 4.78 is 11.5. The molecule has 2 aromatic carbocycles. The van der Waals surface area contributed by atoms with Crippen LogP contribution in [0.4, 0.5) is 11.4 Å². The van der Waals surface area contributed by atoms with Crippen LogP contribution in [0.1, 0.15) is 23.1 Å². The third kappa shape index (κ3) is 5.27. The summed E-state index contributed by atoms with van der Waals surface area (Å²) >= 11 is 0. The fourth-order valence-electron chi connectivity index (χ4n) is 4.53. The van der Waals surface area contributed by atoms with Crippen molar-refractivity contribution in [3.8, 4) is 16.9 Å². The minimum absolute atomic E-state index is 0.680. The summed E-state index contributed by atoms with van der Waals surface area (Å²) in [6.07, 6.45) is 10.4. The van der Waals surface area contributed by atoms with Gasteiger partial charge in [-0.1, -0.05) is 18.2 Å². The fraction of sp³-hybridized carbons (Fsp3) is 0.321. The molecule has 0 unspecified atom stereocenters. The SMILES string of the molecule is Cc1ccncc1-c1cc2c(c(Nc3cccc(OCCN4CCOCC4)c3)c1)CCC=C2. The predicted molar refractivity (Wildman–Crippen MR) is 134 cm³/mol. The van der Waals surface area contributed by atoms with Gasteiger partial charge in [-0.25, -0.2) is 0 Å². The number of nitrogens with one attached hydrogen (secondary N) is 1. The van der Waals surface area contributed by atoms with Gasteiger partial charge in [0, 0.05) is 55.0 Å². The summed E-state index contributed by atoms with van der Waals surface area (Å²) in [5.41, 5.74) is 8.42. The molecule has 1 aliphatic heterocycles. The molecule has 1 fully saturated rings. The monoisotopic (exact) mass is 441 g/mol. The molecule has 1 aliphatic carbocycles. The van der Waals surface area contributed by atoms with Crippen LogP contribution < -0.4 is 10.1 Å². The van der Waals surface area contributed by atoms with Crippen molar-refractivity contribution in [2.75, 3.05) is 44.8 Å². The molecule has 0 bridgehead atoms. The molecule has 1 aromatic heterocycles. The average molecular weight is 442 g/mol. The maximum Gasteiger partial charge on any atom is 0.121 e. The number of ether oxygens (including phenoxy) is 2. The Balaban J connectivity index is 1.35. The van der Waals surface area contributed by atoms with E-state index in [1.807, 2.05) is 24.5 Å². The van der Waals surface area contributed by atoms with E-state index in [2.05, 4.69) is 64.6 Å². The smallest absolute Gasteiger partial charge is 0.121 e. The molecular formula is C28H31N3O2. The average Bonchev–Trinajstić information content (AvgIpc) is 2.85. The summed E-state index contributed by atoms with van der Waals surface area (Å²) in [6.45, 7) is 7.34. The number of hydrogen-bond acceptors (Lipinski definition) is 5. The van der Waals surface area contributed by atoms with E-state index >= 15 is 0 Å². The van der Waals surface area contributed by atoms with Crippen molar-refractivity contribution in [3.63, 3.8) is 0 Å². The van der Waals surface area contributed by atoms with Crippen LogP contribution in [0, 0.1) is 6.92 Å².